The molecule has 0 aliphatic carbocycles. The molecule has 0 saturated carbocycles. The number of rotatable bonds is 4. The van der Waals surface area contributed by atoms with Crippen molar-refractivity contribution in [1.29, 1.82) is 0 Å². The predicted molar refractivity (Wildman–Crippen MR) is 71.1 cm³/mol. The fraction of sp³-hybridized carbons (Fsp3) is 0.538. The Balaban J connectivity index is 2.64. The van der Waals surface area contributed by atoms with Crippen LogP contribution in [0.5, 0.6) is 0 Å². The lowest BCUT2D eigenvalue weighted by molar-refractivity contribution is -0.0896. The van der Waals surface area contributed by atoms with Crippen LogP contribution in [0.3, 0.4) is 0 Å². The number of hydrogen-bond donors (Lipinski definition) is 1. The van der Waals surface area contributed by atoms with E-state index in [1.807, 2.05) is 20.8 Å². The minimum atomic E-state index is -0.164. The maximum absolute atomic E-state index is 5.61. The second-order valence-corrected chi connectivity index (χ2v) is 5.76. The van der Waals surface area contributed by atoms with Crippen LogP contribution in [0.15, 0.2) is 28.7 Å². The molecule has 0 aliphatic rings. The molecule has 1 atom stereocenters. The van der Waals surface area contributed by atoms with Gasteiger partial charge in [-0.25, -0.2) is 0 Å². The van der Waals surface area contributed by atoms with Gasteiger partial charge in [0.1, 0.15) is 0 Å². The molecule has 0 bridgehead atoms. The monoisotopic (exact) mass is 285 g/mol. The molecule has 0 radical (unpaired) electrons. The first-order valence-electron chi connectivity index (χ1n) is 5.61. The zero-order valence-corrected chi connectivity index (χ0v) is 12.0. The first-order valence-corrected chi connectivity index (χ1v) is 6.40. The van der Waals surface area contributed by atoms with Crippen LogP contribution in [0.1, 0.15) is 45.7 Å². The van der Waals surface area contributed by atoms with Crippen molar-refractivity contribution in [3.8, 4) is 0 Å². The average Bonchev–Trinajstić information content (AvgIpc) is 2.20. The molecule has 0 amide bonds. The van der Waals surface area contributed by atoms with Gasteiger partial charge in [-0.1, -0.05) is 35.0 Å². The predicted octanol–water partition coefficient (Wildman–Crippen LogP) is 4.22. The highest BCUT2D eigenvalue weighted by atomic mass is 79.9. The van der Waals surface area contributed by atoms with Crippen molar-refractivity contribution in [2.24, 2.45) is 0 Å². The summed E-state index contributed by atoms with van der Waals surface area (Å²) in [5.41, 5.74) is 4.21. The number of nitrogens with one attached hydrogen (secondary N) is 1. The number of halogens is 1. The summed E-state index contributed by atoms with van der Waals surface area (Å²) >= 11 is 3.44. The molecule has 0 heterocycles. The summed E-state index contributed by atoms with van der Waals surface area (Å²) in [6.45, 7) is 8.25. The SMILES string of the molecule is CCC(NOC(C)(C)C)c1ccc(Br)cc1. The van der Waals surface area contributed by atoms with E-state index >= 15 is 0 Å². The smallest absolute Gasteiger partial charge is 0.0813 e. The fourth-order valence-corrected chi connectivity index (χ4v) is 1.59. The van der Waals surface area contributed by atoms with Crippen LogP contribution in [0.2, 0.25) is 0 Å². The molecule has 90 valence electrons. The van der Waals surface area contributed by atoms with Gasteiger partial charge in [-0.05, 0) is 44.9 Å². The van der Waals surface area contributed by atoms with Gasteiger partial charge in [-0.2, -0.15) is 5.48 Å². The third-order valence-corrected chi connectivity index (χ3v) is 2.72. The molecular formula is C13H20BrNO. The van der Waals surface area contributed by atoms with Crippen LogP contribution in [0.4, 0.5) is 0 Å². The van der Waals surface area contributed by atoms with Crippen molar-refractivity contribution in [3.05, 3.63) is 34.3 Å². The molecule has 1 aromatic carbocycles. The maximum atomic E-state index is 5.61. The highest BCUT2D eigenvalue weighted by Gasteiger charge is 2.15. The molecule has 0 saturated heterocycles. The Morgan fingerprint density at radius 3 is 2.25 bits per heavy atom. The van der Waals surface area contributed by atoms with Gasteiger partial charge in [0.05, 0.1) is 11.6 Å². The van der Waals surface area contributed by atoms with Gasteiger partial charge in [0.2, 0.25) is 0 Å². The van der Waals surface area contributed by atoms with Gasteiger partial charge in [0, 0.05) is 4.47 Å². The summed E-state index contributed by atoms with van der Waals surface area (Å²) in [7, 11) is 0. The van der Waals surface area contributed by atoms with E-state index in [2.05, 4.69) is 52.6 Å². The van der Waals surface area contributed by atoms with Crippen molar-refractivity contribution in [3.63, 3.8) is 0 Å². The van der Waals surface area contributed by atoms with Gasteiger partial charge in [-0.15, -0.1) is 0 Å². The summed E-state index contributed by atoms with van der Waals surface area (Å²) in [6.07, 6.45) is 0.998. The summed E-state index contributed by atoms with van der Waals surface area (Å²) < 4.78 is 1.10. The standard InChI is InChI=1S/C13H20BrNO/c1-5-12(15-16-13(2,3)4)10-6-8-11(14)9-7-10/h6-9,12,15H,5H2,1-4H3. The van der Waals surface area contributed by atoms with Gasteiger partial charge < -0.3 is 0 Å². The Labute approximate surface area is 106 Å². The van der Waals surface area contributed by atoms with Gasteiger partial charge in [0.25, 0.3) is 0 Å². The number of benzene rings is 1. The first kappa shape index (κ1) is 13.7. The first-order chi connectivity index (χ1) is 7.42. The third kappa shape index (κ3) is 4.64. The van der Waals surface area contributed by atoms with Crippen molar-refractivity contribution in [1.82, 2.24) is 5.48 Å². The number of hydroxylamine groups is 1. The minimum Gasteiger partial charge on any atom is -0.296 e. The number of hydrogen-bond acceptors (Lipinski definition) is 2. The summed E-state index contributed by atoms with van der Waals surface area (Å²) in [4.78, 5) is 5.61. The Kier molecular flexibility index (Phi) is 4.96. The highest BCUT2D eigenvalue weighted by Crippen LogP contribution is 2.20. The molecule has 0 aliphatic heterocycles. The molecule has 1 unspecified atom stereocenters. The van der Waals surface area contributed by atoms with Crippen molar-refractivity contribution in [2.75, 3.05) is 0 Å². The third-order valence-electron chi connectivity index (χ3n) is 2.19. The van der Waals surface area contributed by atoms with E-state index in [0.29, 0.717) is 0 Å². The topological polar surface area (TPSA) is 21.3 Å². The Morgan fingerprint density at radius 2 is 1.81 bits per heavy atom. The molecule has 0 spiro atoms. The van der Waals surface area contributed by atoms with Crippen LogP contribution < -0.4 is 5.48 Å². The summed E-state index contributed by atoms with van der Waals surface area (Å²) in [5, 5.41) is 0. The van der Waals surface area contributed by atoms with Gasteiger partial charge in [0.15, 0.2) is 0 Å². The van der Waals surface area contributed by atoms with E-state index in [0.717, 1.165) is 10.9 Å². The normalized spacial score (nSPS) is 13.8. The quantitative estimate of drug-likeness (QED) is 0.837. The molecule has 16 heavy (non-hydrogen) atoms. The van der Waals surface area contributed by atoms with E-state index in [1.165, 1.54) is 5.56 Å². The average molecular weight is 286 g/mol. The van der Waals surface area contributed by atoms with Crippen molar-refractivity contribution >= 4 is 15.9 Å². The fourth-order valence-electron chi connectivity index (χ4n) is 1.33. The second-order valence-electron chi connectivity index (χ2n) is 4.84. The van der Waals surface area contributed by atoms with E-state index in [9.17, 15) is 0 Å². The lowest BCUT2D eigenvalue weighted by atomic mass is 10.1. The minimum absolute atomic E-state index is 0.164. The van der Waals surface area contributed by atoms with Crippen LogP contribution in [-0.2, 0) is 4.84 Å². The Morgan fingerprint density at radius 1 is 1.25 bits per heavy atom. The second kappa shape index (κ2) is 5.80. The molecular weight excluding hydrogens is 266 g/mol. The highest BCUT2D eigenvalue weighted by molar-refractivity contribution is 9.10. The van der Waals surface area contributed by atoms with Crippen LogP contribution in [0.25, 0.3) is 0 Å². The van der Waals surface area contributed by atoms with Crippen molar-refractivity contribution in [2.45, 2.75) is 45.8 Å². The zero-order chi connectivity index (χ0) is 12.2. The Hall–Kier alpha value is -0.380. The zero-order valence-electron chi connectivity index (χ0n) is 10.4. The van der Waals surface area contributed by atoms with Gasteiger partial charge in [-0.3, -0.25) is 4.84 Å². The van der Waals surface area contributed by atoms with Crippen LogP contribution in [0, 0.1) is 0 Å². The molecule has 1 aromatic rings. The molecule has 0 fully saturated rings. The lowest BCUT2D eigenvalue weighted by Crippen LogP contribution is -2.31. The van der Waals surface area contributed by atoms with Crippen LogP contribution >= 0.6 is 15.9 Å². The maximum Gasteiger partial charge on any atom is 0.0813 e. The molecule has 1 rings (SSSR count). The Bertz CT molecular complexity index is 316. The lowest BCUT2D eigenvalue weighted by Gasteiger charge is -2.24. The molecule has 3 heteroatoms. The van der Waals surface area contributed by atoms with E-state index in [-0.39, 0.29) is 11.6 Å². The van der Waals surface area contributed by atoms with E-state index in [4.69, 9.17) is 4.84 Å². The molecule has 1 N–H and O–H groups in total. The largest absolute Gasteiger partial charge is 0.296 e. The summed E-state index contributed by atoms with van der Waals surface area (Å²) in [6, 6.07) is 8.56. The summed E-state index contributed by atoms with van der Waals surface area (Å²) in [5.74, 6) is 0. The van der Waals surface area contributed by atoms with Crippen LogP contribution in [-0.4, -0.2) is 5.60 Å². The molecule has 0 aromatic heterocycles. The van der Waals surface area contributed by atoms with E-state index < -0.39 is 0 Å². The van der Waals surface area contributed by atoms with E-state index in [1.54, 1.807) is 0 Å². The molecule has 2 nitrogen and oxygen atoms in total. The van der Waals surface area contributed by atoms with Gasteiger partial charge >= 0.3 is 0 Å². The van der Waals surface area contributed by atoms with Crippen molar-refractivity contribution < 1.29 is 4.84 Å².